The van der Waals surface area contributed by atoms with E-state index in [1.807, 2.05) is 36.4 Å². The highest BCUT2D eigenvalue weighted by Crippen LogP contribution is 2.19. The number of unbranched alkanes of at least 4 members (excludes halogenated alkanes) is 1. The molecular weight excluding hydrogens is 1050 g/mol. The van der Waals surface area contributed by atoms with Gasteiger partial charge in [0.05, 0.1) is 12.9 Å². The molecule has 3 aromatic heterocycles. The average Bonchev–Trinajstić information content (AvgIpc) is 3.93. The van der Waals surface area contributed by atoms with Crippen LogP contribution in [0.3, 0.4) is 0 Å². The molecule has 81 heavy (non-hydrogen) atoms. The molecule has 3 aromatic carbocycles. The molecule has 0 spiro atoms. The number of imidazole rings is 1. The number of hydrogen-bond donors (Lipinski definition) is 6. The number of carboxylic acids is 1. The van der Waals surface area contributed by atoms with Gasteiger partial charge >= 0.3 is 36.0 Å². The van der Waals surface area contributed by atoms with Crippen LogP contribution in [0.25, 0.3) is 11.2 Å². The van der Waals surface area contributed by atoms with E-state index in [4.69, 9.17) is 18.9 Å². The fraction of sp³-hybridized carbons (Fsp3) is 0.352. The molecular formula is C54H63N13O14. The molecule has 0 saturated carbocycles. The minimum absolute atomic E-state index is 0.00652. The molecule has 3 heterocycles. The van der Waals surface area contributed by atoms with Crippen molar-refractivity contribution in [2.75, 3.05) is 49.9 Å². The van der Waals surface area contributed by atoms with Crippen molar-refractivity contribution < 1.29 is 62.4 Å². The summed E-state index contributed by atoms with van der Waals surface area (Å²) in [5.41, 5.74) is 0.660. The number of benzene rings is 3. The van der Waals surface area contributed by atoms with Gasteiger partial charge in [0, 0.05) is 38.4 Å². The fourth-order valence-corrected chi connectivity index (χ4v) is 7.62. The third-order valence-corrected chi connectivity index (χ3v) is 11.5. The van der Waals surface area contributed by atoms with E-state index in [2.05, 4.69) is 46.5 Å². The number of carbonyl (C=O) groups is 8. The van der Waals surface area contributed by atoms with Crippen LogP contribution in [0.1, 0.15) is 56.7 Å². The Balaban J connectivity index is 1.11. The third kappa shape index (κ3) is 21.1. The molecule has 7 amide bonds. The highest BCUT2D eigenvalue weighted by molar-refractivity contribution is 5.94. The van der Waals surface area contributed by atoms with E-state index in [1.165, 1.54) is 23.2 Å². The van der Waals surface area contributed by atoms with Gasteiger partial charge in [-0.25, -0.2) is 38.9 Å². The van der Waals surface area contributed by atoms with Crippen molar-refractivity contribution >= 4 is 70.9 Å². The molecule has 0 aliphatic rings. The maximum Gasteiger partial charge on any atom is 0.413 e. The van der Waals surface area contributed by atoms with Crippen molar-refractivity contribution in [3.63, 3.8) is 0 Å². The summed E-state index contributed by atoms with van der Waals surface area (Å²) in [6.45, 7) is 1.73. The van der Waals surface area contributed by atoms with Crippen molar-refractivity contribution in [3.8, 4) is 0 Å². The first kappa shape index (κ1) is 60.3. The Kier molecular flexibility index (Phi) is 22.5. The summed E-state index contributed by atoms with van der Waals surface area (Å²) in [4.78, 5) is 136. The van der Waals surface area contributed by atoms with Crippen LogP contribution >= 0.6 is 0 Å². The summed E-state index contributed by atoms with van der Waals surface area (Å²) >= 11 is 0. The van der Waals surface area contributed by atoms with Crippen LogP contribution in [0.2, 0.25) is 0 Å². The summed E-state index contributed by atoms with van der Waals surface area (Å²) in [5, 5.41) is 22.7. The number of aromatic nitrogens is 6. The van der Waals surface area contributed by atoms with Crippen molar-refractivity contribution in [2.24, 2.45) is 0 Å². The van der Waals surface area contributed by atoms with Crippen LogP contribution in [0.5, 0.6) is 0 Å². The quantitative estimate of drug-likeness (QED) is 0.0307. The van der Waals surface area contributed by atoms with E-state index in [-0.39, 0.29) is 75.2 Å². The van der Waals surface area contributed by atoms with Gasteiger partial charge in [-0.15, -0.1) is 0 Å². The number of nitrogens with one attached hydrogen (secondary N) is 5. The van der Waals surface area contributed by atoms with Crippen molar-refractivity contribution in [2.45, 2.75) is 84.6 Å². The van der Waals surface area contributed by atoms with Gasteiger partial charge in [-0.3, -0.25) is 34.4 Å². The number of carboxylic acid groups (broad SMARTS) is 1. The molecule has 0 aliphatic carbocycles. The molecule has 1 unspecified atom stereocenters. The van der Waals surface area contributed by atoms with E-state index in [0.29, 0.717) is 12.8 Å². The summed E-state index contributed by atoms with van der Waals surface area (Å²) < 4.78 is 23.5. The molecule has 6 rings (SSSR count). The number of aliphatic carboxylic acids is 1. The van der Waals surface area contributed by atoms with E-state index in [9.17, 15) is 48.3 Å². The first-order valence-electron chi connectivity index (χ1n) is 25.5. The lowest BCUT2D eigenvalue weighted by atomic mass is 10.1. The Morgan fingerprint density at radius 3 is 1.81 bits per heavy atom. The number of anilines is 2. The van der Waals surface area contributed by atoms with Crippen molar-refractivity contribution in [1.82, 2.24) is 54.8 Å². The van der Waals surface area contributed by atoms with Crippen LogP contribution in [0, 0.1) is 0 Å². The molecule has 428 valence electrons. The zero-order chi connectivity index (χ0) is 58.2. The molecule has 0 radical (unpaired) electrons. The van der Waals surface area contributed by atoms with Crippen molar-refractivity contribution in [1.29, 1.82) is 0 Å². The Labute approximate surface area is 464 Å². The fourth-order valence-electron chi connectivity index (χ4n) is 7.62. The number of hydrogen-bond acceptors (Lipinski definition) is 17. The lowest BCUT2D eigenvalue weighted by Crippen LogP contribution is -2.51. The molecule has 6 N–H and O–H groups in total. The van der Waals surface area contributed by atoms with Gasteiger partial charge in [-0.1, -0.05) is 91.0 Å². The van der Waals surface area contributed by atoms with Crippen LogP contribution < -0.4 is 32.3 Å². The Morgan fingerprint density at radius 2 is 1.22 bits per heavy atom. The number of ether oxygens (including phenoxy) is 4. The van der Waals surface area contributed by atoms with Crippen LogP contribution in [0.4, 0.5) is 30.8 Å². The smallest absolute Gasteiger partial charge is 0.413 e. The summed E-state index contributed by atoms with van der Waals surface area (Å²) in [6, 6.07) is 27.4. The second kappa shape index (κ2) is 30.3. The molecule has 1 atom stereocenters. The zero-order valence-corrected chi connectivity index (χ0v) is 44.8. The van der Waals surface area contributed by atoms with E-state index < -0.39 is 91.6 Å². The zero-order valence-electron chi connectivity index (χ0n) is 44.8. The Bertz CT molecular complexity index is 3160. The number of rotatable bonds is 27. The van der Waals surface area contributed by atoms with Gasteiger partial charge in [0.1, 0.15) is 57.2 Å². The highest BCUT2D eigenvalue weighted by Gasteiger charge is 2.27. The van der Waals surface area contributed by atoms with Gasteiger partial charge in [0.2, 0.25) is 17.7 Å². The maximum atomic E-state index is 14.2. The van der Waals surface area contributed by atoms with Crippen LogP contribution in [-0.2, 0) is 71.0 Å². The van der Waals surface area contributed by atoms with E-state index in [0.717, 1.165) is 37.4 Å². The lowest BCUT2D eigenvalue weighted by Gasteiger charge is -2.29. The van der Waals surface area contributed by atoms with Gasteiger partial charge in [0.25, 0.3) is 0 Å². The standard InChI is InChI=1S/C54H63N13O14/c1-54(2,3)81-53(77)60-40(21-13-14-23-56-50(74)78-32-37-15-7-4-8-16-37)27-66(44(70)29-65-25-22-41(61-49(65)73)62-51(75)79-33-38-17-9-5-10-18-38)28-42(68)55-24-26-64(31-45(71)72)43(69)30-67-36-59-46-47(57-35-58-48(46)67)63-52(76)80-34-39-19-11-6-12-20-39/h4-12,15-20,22,25,35-36,40H,13-14,21,23-24,26-34H2,1-3H3,(H,55,68)(H,56,74)(H,60,77)(H,71,72)(H,57,58,63,76)(H,61,62,73,75). The van der Waals surface area contributed by atoms with Gasteiger partial charge in [-0.2, -0.15) is 4.98 Å². The minimum atomic E-state index is -1.36. The molecule has 27 heteroatoms. The monoisotopic (exact) mass is 1120 g/mol. The van der Waals surface area contributed by atoms with Gasteiger partial charge in [0.15, 0.2) is 17.0 Å². The molecule has 0 saturated heterocycles. The number of fused-ring (bicyclic) bond motifs is 1. The highest BCUT2D eigenvalue weighted by atomic mass is 16.6. The summed E-state index contributed by atoms with van der Waals surface area (Å²) in [6.07, 6.45) is 1.43. The molecule has 0 bridgehead atoms. The van der Waals surface area contributed by atoms with E-state index in [1.54, 1.807) is 75.4 Å². The van der Waals surface area contributed by atoms with E-state index >= 15 is 0 Å². The molecule has 6 aromatic rings. The van der Waals surface area contributed by atoms with Gasteiger partial charge < -0.3 is 54.4 Å². The topological polar surface area (TPSA) is 339 Å². The maximum absolute atomic E-state index is 14.2. The Hall–Kier alpha value is -9.95. The molecule has 0 aliphatic heterocycles. The minimum Gasteiger partial charge on any atom is -0.480 e. The van der Waals surface area contributed by atoms with Crippen molar-refractivity contribution in [3.05, 3.63) is 143 Å². The predicted octanol–water partition coefficient (Wildman–Crippen LogP) is 4.43. The predicted molar refractivity (Wildman–Crippen MR) is 290 cm³/mol. The number of nitrogens with zero attached hydrogens (tertiary/aromatic N) is 8. The molecule has 0 fully saturated rings. The molecule has 27 nitrogen and oxygen atoms in total. The number of amides is 7. The number of carbonyl (C=O) groups excluding carboxylic acids is 7. The lowest BCUT2D eigenvalue weighted by molar-refractivity contribution is -0.144. The SMILES string of the molecule is CC(C)(C)OC(=O)NC(CCCCNC(=O)OCc1ccccc1)CN(CC(=O)NCCN(CC(=O)O)C(=O)Cn1cnc2c(NC(=O)OCc3ccccc3)ncnc21)C(=O)Cn1ccc(NC(=O)OCc2ccccc2)nc1=O. The second-order valence-corrected chi connectivity index (χ2v) is 19.0. The second-order valence-electron chi connectivity index (χ2n) is 19.0. The van der Waals surface area contributed by atoms with Crippen LogP contribution in [0.15, 0.2) is 121 Å². The first-order chi connectivity index (χ1) is 38.9. The summed E-state index contributed by atoms with van der Waals surface area (Å²) in [5.74, 6) is -3.78. The Morgan fingerprint density at radius 1 is 0.642 bits per heavy atom. The third-order valence-electron chi connectivity index (χ3n) is 11.5. The largest absolute Gasteiger partial charge is 0.480 e. The normalized spacial score (nSPS) is 11.3. The first-order valence-corrected chi connectivity index (χ1v) is 25.5. The summed E-state index contributed by atoms with van der Waals surface area (Å²) in [7, 11) is 0. The van der Waals surface area contributed by atoms with Gasteiger partial charge in [-0.05, 0) is 62.8 Å². The average molecular weight is 1120 g/mol. The van der Waals surface area contributed by atoms with Crippen LogP contribution in [-0.4, -0.2) is 143 Å². The number of alkyl carbamates (subject to hydrolysis) is 2.